The maximum absolute atomic E-state index is 5.46. The molecule has 0 aliphatic rings. The van der Waals surface area contributed by atoms with Crippen molar-refractivity contribution in [2.75, 3.05) is 13.7 Å². The van der Waals surface area contributed by atoms with E-state index in [-0.39, 0.29) is 0 Å². The number of nitrogens with zero attached hydrogens (tertiary/aromatic N) is 1. The fraction of sp³-hybridized carbons (Fsp3) is 0.471. The first-order chi connectivity index (χ1) is 10.2. The number of nitrogens with one attached hydrogen (secondary N) is 1. The van der Waals surface area contributed by atoms with Gasteiger partial charge >= 0.3 is 0 Å². The van der Waals surface area contributed by atoms with E-state index in [4.69, 9.17) is 4.74 Å². The van der Waals surface area contributed by atoms with Crippen LogP contribution in [0.15, 0.2) is 29.6 Å². The number of thiazole rings is 1. The first-order valence-corrected chi connectivity index (χ1v) is 8.37. The van der Waals surface area contributed by atoms with Crippen LogP contribution in [0.25, 0.3) is 0 Å². The summed E-state index contributed by atoms with van der Waals surface area (Å²) >= 11 is 1.72. The van der Waals surface area contributed by atoms with Crippen molar-refractivity contribution in [2.45, 2.75) is 39.2 Å². The topological polar surface area (TPSA) is 34.2 Å². The molecular weight excluding hydrogens is 280 g/mol. The number of para-hydroxylation sites is 1. The van der Waals surface area contributed by atoms with Gasteiger partial charge in [0.15, 0.2) is 0 Å². The highest BCUT2D eigenvalue weighted by molar-refractivity contribution is 7.09. The van der Waals surface area contributed by atoms with E-state index in [0.29, 0.717) is 6.04 Å². The first-order valence-electron chi connectivity index (χ1n) is 7.49. The van der Waals surface area contributed by atoms with E-state index in [9.17, 15) is 0 Å². The third kappa shape index (κ3) is 4.83. The smallest absolute Gasteiger partial charge is 0.122 e. The molecule has 1 unspecified atom stereocenters. The molecule has 1 N–H and O–H groups in total. The number of benzene rings is 1. The molecule has 2 aromatic rings. The van der Waals surface area contributed by atoms with E-state index in [1.54, 1.807) is 18.4 Å². The molecule has 0 bridgehead atoms. The van der Waals surface area contributed by atoms with Gasteiger partial charge in [0.1, 0.15) is 5.75 Å². The Bertz CT molecular complexity index is 553. The van der Waals surface area contributed by atoms with Gasteiger partial charge in [-0.2, -0.15) is 0 Å². The molecule has 0 radical (unpaired) electrons. The van der Waals surface area contributed by atoms with E-state index in [0.717, 1.165) is 36.6 Å². The molecule has 0 amide bonds. The number of ether oxygens (including phenoxy) is 1. The highest BCUT2D eigenvalue weighted by Crippen LogP contribution is 2.20. The van der Waals surface area contributed by atoms with E-state index >= 15 is 0 Å². The zero-order valence-electron chi connectivity index (χ0n) is 13.1. The Morgan fingerprint density at radius 3 is 2.76 bits per heavy atom. The molecule has 0 spiro atoms. The second kappa shape index (κ2) is 8.15. The lowest BCUT2D eigenvalue weighted by atomic mass is 10.0. The predicted octanol–water partition coefficient (Wildman–Crippen LogP) is 3.61. The molecule has 4 heteroatoms. The van der Waals surface area contributed by atoms with Crippen LogP contribution in [0.4, 0.5) is 0 Å². The molecule has 1 atom stereocenters. The second-order valence-electron chi connectivity index (χ2n) is 5.23. The third-order valence-electron chi connectivity index (χ3n) is 3.46. The van der Waals surface area contributed by atoms with Crippen molar-refractivity contribution in [3.05, 3.63) is 45.9 Å². The lowest BCUT2D eigenvalue weighted by Crippen LogP contribution is -2.34. The number of hydrogen-bond acceptors (Lipinski definition) is 4. The van der Waals surface area contributed by atoms with Crippen LogP contribution >= 0.6 is 11.3 Å². The average molecular weight is 304 g/mol. The summed E-state index contributed by atoms with van der Waals surface area (Å²) in [6.07, 6.45) is 3.06. The summed E-state index contributed by atoms with van der Waals surface area (Å²) in [5.74, 6) is 0.968. The van der Waals surface area contributed by atoms with Crippen molar-refractivity contribution in [1.29, 1.82) is 0 Å². The number of aryl methyl sites for hydroxylation is 1. The summed E-state index contributed by atoms with van der Waals surface area (Å²) < 4.78 is 5.46. The second-order valence-corrected chi connectivity index (χ2v) is 6.29. The van der Waals surface area contributed by atoms with Gasteiger partial charge < -0.3 is 10.1 Å². The van der Waals surface area contributed by atoms with Crippen molar-refractivity contribution in [3.8, 4) is 5.75 Å². The molecule has 0 saturated heterocycles. The molecular formula is C17H24N2OS. The number of methoxy groups -OCH3 is 1. The van der Waals surface area contributed by atoms with E-state index in [1.807, 2.05) is 12.1 Å². The minimum absolute atomic E-state index is 0.391. The molecule has 1 aromatic heterocycles. The third-order valence-corrected chi connectivity index (χ3v) is 4.29. The lowest BCUT2D eigenvalue weighted by Gasteiger charge is -2.19. The monoisotopic (exact) mass is 304 g/mol. The molecule has 3 nitrogen and oxygen atoms in total. The minimum atomic E-state index is 0.391. The maximum atomic E-state index is 5.46. The molecule has 2 rings (SSSR count). The van der Waals surface area contributed by atoms with E-state index < -0.39 is 0 Å². The van der Waals surface area contributed by atoms with Gasteiger partial charge in [0.2, 0.25) is 0 Å². The van der Waals surface area contributed by atoms with Crippen LogP contribution in [0.2, 0.25) is 0 Å². The highest BCUT2D eigenvalue weighted by atomic mass is 32.1. The Labute approximate surface area is 131 Å². The van der Waals surface area contributed by atoms with Gasteiger partial charge in [-0.25, -0.2) is 4.98 Å². The fourth-order valence-corrected chi connectivity index (χ4v) is 3.08. The molecule has 21 heavy (non-hydrogen) atoms. The van der Waals surface area contributed by atoms with E-state index in [2.05, 4.69) is 41.7 Å². The fourth-order valence-electron chi connectivity index (χ4n) is 2.46. The van der Waals surface area contributed by atoms with Crippen molar-refractivity contribution >= 4 is 11.3 Å². The van der Waals surface area contributed by atoms with Crippen LogP contribution in [-0.2, 0) is 12.8 Å². The SMILES string of the molecule is CCCNC(Cc1csc(C)n1)Cc1ccccc1OC. The predicted molar refractivity (Wildman–Crippen MR) is 89.3 cm³/mol. The van der Waals surface area contributed by atoms with Gasteiger partial charge in [-0.15, -0.1) is 11.3 Å². The Kier molecular flexibility index (Phi) is 6.21. The van der Waals surface area contributed by atoms with Crippen molar-refractivity contribution in [1.82, 2.24) is 10.3 Å². The van der Waals surface area contributed by atoms with Crippen LogP contribution in [0.1, 0.15) is 29.6 Å². The molecule has 114 valence electrons. The van der Waals surface area contributed by atoms with Crippen LogP contribution in [0.3, 0.4) is 0 Å². The normalized spacial score (nSPS) is 12.3. The number of aromatic nitrogens is 1. The van der Waals surface area contributed by atoms with Gasteiger partial charge in [0.25, 0.3) is 0 Å². The number of hydrogen-bond donors (Lipinski definition) is 1. The molecule has 0 aliphatic carbocycles. The molecule has 1 aromatic carbocycles. The standard InChI is InChI=1S/C17H24N2OS/c1-4-9-18-15(11-16-12-21-13(2)19-16)10-14-7-5-6-8-17(14)20-3/h5-8,12,15,18H,4,9-11H2,1-3H3. The quantitative estimate of drug-likeness (QED) is 0.809. The molecule has 0 fully saturated rings. The van der Waals surface area contributed by atoms with Crippen LogP contribution in [0, 0.1) is 6.92 Å². The van der Waals surface area contributed by atoms with Crippen LogP contribution in [0.5, 0.6) is 5.75 Å². The summed E-state index contributed by atoms with van der Waals surface area (Å²) in [4.78, 5) is 4.59. The molecule has 0 aliphatic heterocycles. The number of rotatable bonds is 8. The summed E-state index contributed by atoms with van der Waals surface area (Å²) in [6.45, 7) is 5.28. The summed E-state index contributed by atoms with van der Waals surface area (Å²) in [6, 6.07) is 8.65. The van der Waals surface area contributed by atoms with E-state index in [1.165, 1.54) is 11.3 Å². The Morgan fingerprint density at radius 2 is 2.10 bits per heavy atom. The van der Waals surface area contributed by atoms with Gasteiger partial charge in [-0.3, -0.25) is 0 Å². The zero-order chi connectivity index (χ0) is 15.1. The largest absolute Gasteiger partial charge is 0.496 e. The van der Waals surface area contributed by atoms with Crippen molar-refractivity contribution in [2.24, 2.45) is 0 Å². The average Bonchev–Trinajstić information content (AvgIpc) is 2.90. The lowest BCUT2D eigenvalue weighted by molar-refractivity contribution is 0.404. The van der Waals surface area contributed by atoms with Crippen molar-refractivity contribution < 1.29 is 4.74 Å². The maximum Gasteiger partial charge on any atom is 0.122 e. The first kappa shape index (κ1) is 16.0. The van der Waals surface area contributed by atoms with Crippen molar-refractivity contribution in [3.63, 3.8) is 0 Å². The molecule has 0 saturated carbocycles. The van der Waals surface area contributed by atoms with Gasteiger partial charge in [0, 0.05) is 17.8 Å². The van der Waals surface area contributed by atoms with Gasteiger partial charge in [0.05, 0.1) is 17.8 Å². The summed E-state index contributed by atoms with van der Waals surface area (Å²) in [7, 11) is 1.73. The Balaban J connectivity index is 2.08. The van der Waals surface area contributed by atoms with Gasteiger partial charge in [-0.1, -0.05) is 25.1 Å². The summed E-state index contributed by atoms with van der Waals surface area (Å²) in [5, 5.41) is 6.94. The van der Waals surface area contributed by atoms with Crippen LogP contribution in [-0.4, -0.2) is 24.7 Å². The Hall–Kier alpha value is -1.39. The Morgan fingerprint density at radius 1 is 1.29 bits per heavy atom. The van der Waals surface area contributed by atoms with Gasteiger partial charge in [-0.05, 0) is 37.9 Å². The minimum Gasteiger partial charge on any atom is -0.496 e. The summed E-state index contributed by atoms with van der Waals surface area (Å²) in [5.41, 5.74) is 2.43. The zero-order valence-corrected chi connectivity index (χ0v) is 13.9. The highest BCUT2D eigenvalue weighted by Gasteiger charge is 2.14. The molecule has 1 heterocycles. The van der Waals surface area contributed by atoms with Crippen LogP contribution < -0.4 is 10.1 Å².